The molecular weight excluding hydrogens is 304 g/mol. The van der Waals surface area contributed by atoms with Crippen molar-refractivity contribution in [1.29, 1.82) is 10.8 Å². The van der Waals surface area contributed by atoms with Gasteiger partial charge in [0.25, 0.3) is 0 Å². The molecule has 0 aliphatic heterocycles. The molecule has 2 rings (SSSR count). The Morgan fingerprint density at radius 3 is 2.79 bits per heavy atom. The van der Waals surface area contributed by atoms with Gasteiger partial charge in [0.2, 0.25) is 5.90 Å². The summed E-state index contributed by atoms with van der Waals surface area (Å²) in [6.07, 6.45) is 7.91. The number of ether oxygens (including phenoxy) is 1. The fraction of sp³-hybridized carbons (Fsp3) is 0.118. The summed E-state index contributed by atoms with van der Waals surface area (Å²) in [6, 6.07) is 4.72. The van der Waals surface area contributed by atoms with Crippen molar-refractivity contribution < 1.29 is 4.74 Å². The largest absolute Gasteiger partial charge is 0.428 e. The van der Waals surface area contributed by atoms with Crippen LogP contribution in [0, 0.1) is 10.8 Å². The number of anilines is 1. The van der Waals surface area contributed by atoms with Gasteiger partial charge in [-0.15, -0.1) is 0 Å². The highest BCUT2D eigenvalue weighted by atomic mass is 16.5. The van der Waals surface area contributed by atoms with E-state index < -0.39 is 0 Å². The molecule has 1 aliphatic carbocycles. The molecule has 7 heteroatoms. The third kappa shape index (κ3) is 3.58. The number of nitrogens with two attached hydrogens (primary N) is 3. The Morgan fingerprint density at radius 1 is 1.38 bits per heavy atom. The van der Waals surface area contributed by atoms with Gasteiger partial charge in [0, 0.05) is 41.8 Å². The molecule has 0 saturated heterocycles. The maximum Gasteiger partial charge on any atom is 0.220 e. The van der Waals surface area contributed by atoms with E-state index in [1.807, 2.05) is 18.2 Å². The van der Waals surface area contributed by atoms with E-state index in [0.29, 0.717) is 28.9 Å². The zero-order chi connectivity index (χ0) is 17.7. The Hall–Kier alpha value is -3.19. The summed E-state index contributed by atoms with van der Waals surface area (Å²) >= 11 is 0. The van der Waals surface area contributed by atoms with Gasteiger partial charge in [-0.2, -0.15) is 0 Å². The van der Waals surface area contributed by atoms with Crippen LogP contribution >= 0.6 is 0 Å². The third-order valence-corrected chi connectivity index (χ3v) is 3.56. The third-order valence-electron chi connectivity index (χ3n) is 3.56. The minimum absolute atomic E-state index is 0.153. The molecule has 0 radical (unpaired) electrons. The molecule has 8 N–H and O–H groups in total. The lowest BCUT2D eigenvalue weighted by atomic mass is 9.94. The van der Waals surface area contributed by atoms with Gasteiger partial charge in [-0.05, 0) is 35.4 Å². The number of allylic oxidation sites excluding steroid dienone is 3. The maximum atomic E-state index is 7.76. The van der Waals surface area contributed by atoms with Crippen molar-refractivity contribution in [2.45, 2.75) is 6.04 Å². The van der Waals surface area contributed by atoms with Crippen LogP contribution in [0.2, 0.25) is 0 Å². The molecule has 0 amide bonds. The van der Waals surface area contributed by atoms with Gasteiger partial charge in [-0.1, -0.05) is 12.2 Å². The predicted molar refractivity (Wildman–Crippen MR) is 98.3 cm³/mol. The predicted octanol–water partition coefficient (Wildman–Crippen LogP) is 1.41. The van der Waals surface area contributed by atoms with E-state index in [1.54, 1.807) is 31.5 Å². The zero-order valence-electron chi connectivity index (χ0n) is 13.3. The molecule has 1 aliphatic rings. The molecule has 1 aromatic carbocycles. The van der Waals surface area contributed by atoms with Crippen molar-refractivity contribution in [2.75, 3.05) is 12.8 Å². The topological polar surface area (TPSA) is 147 Å². The van der Waals surface area contributed by atoms with Crippen LogP contribution < -0.4 is 17.2 Å². The Morgan fingerprint density at radius 2 is 2.12 bits per heavy atom. The van der Waals surface area contributed by atoms with Gasteiger partial charge in [-0.25, -0.2) is 0 Å². The monoisotopic (exact) mass is 324 g/mol. The molecule has 0 spiro atoms. The van der Waals surface area contributed by atoms with Crippen LogP contribution in [0.15, 0.2) is 52.6 Å². The normalized spacial score (nSPS) is 19.1. The quantitative estimate of drug-likeness (QED) is 0.323. The molecule has 1 unspecified atom stereocenters. The lowest BCUT2D eigenvalue weighted by Gasteiger charge is -2.17. The van der Waals surface area contributed by atoms with Gasteiger partial charge in [0.05, 0.1) is 0 Å². The lowest BCUT2D eigenvalue weighted by Crippen LogP contribution is -2.23. The smallest absolute Gasteiger partial charge is 0.220 e. The van der Waals surface area contributed by atoms with E-state index in [9.17, 15) is 0 Å². The van der Waals surface area contributed by atoms with Gasteiger partial charge in [-0.3, -0.25) is 15.8 Å². The number of aliphatic imine (C=N–C) groups is 1. The molecule has 0 aromatic heterocycles. The molecule has 0 heterocycles. The highest BCUT2D eigenvalue weighted by Crippen LogP contribution is 2.26. The Kier molecular flexibility index (Phi) is 5.28. The van der Waals surface area contributed by atoms with Crippen molar-refractivity contribution in [3.8, 4) is 0 Å². The number of rotatable bonds is 4. The first-order chi connectivity index (χ1) is 11.5. The van der Waals surface area contributed by atoms with E-state index in [0.717, 1.165) is 11.1 Å². The molecule has 0 fully saturated rings. The summed E-state index contributed by atoms with van der Waals surface area (Å²) in [5.41, 5.74) is 21.9. The Labute approximate surface area is 140 Å². The summed E-state index contributed by atoms with van der Waals surface area (Å²) in [4.78, 5) is 3.99. The van der Waals surface area contributed by atoms with Crippen LogP contribution in [-0.2, 0) is 4.74 Å². The van der Waals surface area contributed by atoms with Crippen LogP contribution in [0.3, 0.4) is 0 Å². The lowest BCUT2D eigenvalue weighted by molar-refractivity contribution is 0.561. The molecule has 124 valence electrons. The molecule has 7 nitrogen and oxygen atoms in total. The molecular formula is C17H20N6O. The SMILES string of the molecule is CN=CC1=CC(=C(N)c2cc(C(=N)OC=N)ccc2N)C=CC1N. The minimum atomic E-state index is -0.233. The van der Waals surface area contributed by atoms with Crippen molar-refractivity contribution >= 4 is 29.9 Å². The first-order valence-corrected chi connectivity index (χ1v) is 7.19. The van der Waals surface area contributed by atoms with Crippen LogP contribution in [0.4, 0.5) is 5.69 Å². The second-order valence-corrected chi connectivity index (χ2v) is 5.15. The van der Waals surface area contributed by atoms with Crippen molar-refractivity contribution in [1.82, 2.24) is 0 Å². The van der Waals surface area contributed by atoms with Crippen LogP contribution in [-0.4, -0.2) is 31.6 Å². The average Bonchev–Trinajstić information content (AvgIpc) is 2.57. The highest BCUT2D eigenvalue weighted by Gasteiger charge is 2.14. The van der Waals surface area contributed by atoms with Gasteiger partial charge in [0.15, 0.2) is 6.40 Å². The molecule has 24 heavy (non-hydrogen) atoms. The van der Waals surface area contributed by atoms with Crippen molar-refractivity contribution in [3.63, 3.8) is 0 Å². The summed E-state index contributed by atoms with van der Waals surface area (Å²) in [5.74, 6) is -0.153. The number of benzene rings is 1. The first-order valence-electron chi connectivity index (χ1n) is 7.19. The number of hydrogen-bond acceptors (Lipinski definition) is 7. The summed E-state index contributed by atoms with van der Waals surface area (Å²) in [5, 5.41) is 14.7. The van der Waals surface area contributed by atoms with Gasteiger partial charge < -0.3 is 21.9 Å². The second kappa shape index (κ2) is 7.38. The number of hydrogen-bond donors (Lipinski definition) is 5. The Balaban J connectivity index is 2.50. The summed E-state index contributed by atoms with van der Waals surface area (Å²) < 4.78 is 4.78. The van der Waals surface area contributed by atoms with Crippen LogP contribution in [0.25, 0.3) is 5.70 Å². The standard InChI is InChI=1S/C17H20N6O/c1-23-8-12-6-10(2-4-14(12)19)16(21)13-7-11(3-5-15(13)20)17(22)24-9-18/h2-9,14,18,22H,19-21H2,1H3. The highest BCUT2D eigenvalue weighted by molar-refractivity contribution is 5.97. The zero-order valence-corrected chi connectivity index (χ0v) is 13.3. The molecule has 1 atom stereocenters. The maximum absolute atomic E-state index is 7.76. The first kappa shape index (κ1) is 17.2. The van der Waals surface area contributed by atoms with Gasteiger partial charge in [0.1, 0.15) is 0 Å². The molecule has 0 bridgehead atoms. The fourth-order valence-electron chi connectivity index (χ4n) is 2.30. The number of nitrogens with one attached hydrogen (secondary N) is 2. The van der Waals surface area contributed by atoms with E-state index in [4.69, 9.17) is 32.8 Å². The average molecular weight is 324 g/mol. The van der Waals surface area contributed by atoms with E-state index >= 15 is 0 Å². The van der Waals surface area contributed by atoms with Crippen molar-refractivity contribution in [2.24, 2.45) is 16.5 Å². The van der Waals surface area contributed by atoms with Crippen LogP contribution in [0.1, 0.15) is 11.1 Å². The van der Waals surface area contributed by atoms with Crippen molar-refractivity contribution in [3.05, 3.63) is 58.7 Å². The van der Waals surface area contributed by atoms with Crippen LogP contribution in [0.5, 0.6) is 0 Å². The summed E-state index contributed by atoms with van der Waals surface area (Å²) in [7, 11) is 1.68. The van der Waals surface area contributed by atoms with Gasteiger partial charge >= 0.3 is 0 Å². The number of nitrogens with zero attached hydrogens (tertiary/aromatic N) is 1. The Bertz CT molecular complexity index is 788. The minimum Gasteiger partial charge on any atom is -0.428 e. The fourth-order valence-corrected chi connectivity index (χ4v) is 2.30. The molecule has 1 aromatic rings. The van der Waals surface area contributed by atoms with E-state index in [2.05, 4.69) is 4.99 Å². The summed E-state index contributed by atoms with van der Waals surface area (Å²) in [6.45, 7) is 0. The molecule has 0 saturated carbocycles. The van der Waals surface area contributed by atoms with E-state index in [-0.39, 0.29) is 11.9 Å². The number of nitrogen functional groups attached to an aromatic ring is 1. The second-order valence-electron chi connectivity index (χ2n) is 5.15. The van der Waals surface area contributed by atoms with E-state index in [1.165, 1.54) is 0 Å².